The second-order valence-corrected chi connectivity index (χ2v) is 4.21. The molecule has 0 saturated carbocycles. The molecule has 0 aliphatic rings. The van der Waals surface area contributed by atoms with Crippen LogP contribution in [0.1, 0.15) is 20.3 Å². The van der Waals surface area contributed by atoms with Crippen molar-refractivity contribution in [1.29, 1.82) is 0 Å². The molecule has 0 bridgehead atoms. The standard InChI is InChI=1S/C10H19N5O2/c1-7(2)15(3)6-4-5-11-8-9(16)12-10(17)14-13-8/h7H,4-6H2,1-3H3,(H,11,13)(H2,12,14,16,17). The molecule has 1 rings (SSSR count). The summed E-state index contributed by atoms with van der Waals surface area (Å²) in [4.78, 5) is 26.3. The van der Waals surface area contributed by atoms with Gasteiger partial charge in [-0.3, -0.25) is 9.78 Å². The zero-order chi connectivity index (χ0) is 12.8. The van der Waals surface area contributed by atoms with E-state index in [0.29, 0.717) is 12.6 Å². The molecule has 0 unspecified atom stereocenters. The van der Waals surface area contributed by atoms with E-state index in [9.17, 15) is 9.59 Å². The molecule has 0 aromatic carbocycles. The van der Waals surface area contributed by atoms with E-state index in [4.69, 9.17) is 0 Å². The quantitative estimate of drug-likeness (QED) is 0.589. The van der Waals surface area contributed by atoms with E-state index in [-0.39, 0.29) is 5.82 Å². The Balaban J connectivity index is 2.36. The van der Waals surface area contributed by atoms with E-state index in [0.717, 1.165) is 13.0 Å². The molecule has 0 radical (unpaired) electrons. The predicted molar refractivity (Wildman–Crippen MR) is 66.4 cm³/mol. The van der Waals surface area contributed by atoms with Crippen molar-refractivity contribution in [3.05, 3.63) is 20.8 Å². The van der Waals surface area contributed by atoms with Gasteiger partial charge in [-0.25, -0.2) is 9.89 Å². The first kappa shape index (κ1) is 13.4. The smallest absolute Gasteiger partial charge is 0.342 e. The molecule has 3 N–H and O–H groups in total. The maximum absolute atomic E-state index is 11.3. The Morgan fingerprint density at radius 3 is 2.71 bits per heavy atom. The van der Waals surface area contributed by atoms with E-state index in [1.165, 1.54) is 0 Å². The van der Waals surface area contributed by atoms with Gasteiger partial charge in [-0.2, -0.15) is 0 Å². The van der Waals surface area contributed by atoms with E-state index in [1.54, 1.807) is 0 Å². The second kappa shape index (κ2) is 6.19. The molecule has 0 spiro atoms. The summed E-state index contributed by atoms with van der Waals surface area (Å²) in [6.45, 7) is 5.83. The average molecular weight is 241 g/mol. The Hall–Kier alpha value is -1.63. The van der Waals surface area contributed by atoms with Gasteiger partial charge in [0.15, 0.2) is 0 Å². The molecule has 1 aromatic rings. The fourth-order valence-electron chi connectivity index (χ4n) is 1.26. The summed E-state index contributed by atoms with van der Waals surface area (Å²) in [6, 6.07) is 0.504. The molecule has 1 aromatic heterocycles. The molecule has 0 amide bonds. The molecule has 0 fully saturated rings. The van der Waals surface area contributed by atoms with Crippen LogP contribution in [-0.4, -0.2) is 46.3 Å². The van der Waals surface area contributed by atoms with Crippen LogP contribution in [0.4, 0.5) is 5.82 Å². The number of anilines is 1. The fourth-order valence-corrected chi connectivity index (χ4v) is 1.26. The van der Waals surface area contributed by atoms with Gasteiger partial charge in [0.05, 0.1) is 0 Å². The average Bonchev–Trinajstić information content (AvgIpc) is 2.26. The Morgan fingerprint density at radius 2 is 2.12 bits per heavy atom. The molecule has 96 valence electrons. The summed E-state index contributed by atoms with van der Waals surface area (Å²) in [6.07, 6.45) is 0.898. The molecular formula is C10H19N5O2. The summed E-state index contributed by atoms with van der Waals surface area (Å²) in [5.41, 5.74) is -1.09. The van der Waals surface area contributed by atoms with E-state index in [2.05, 4.69) is 46.3 Å². The molecular weight excluding hydrogens is 222 g/mol. The van der Waals surface area contributed by atoms with Crippen LogP contribution in [0.3, 0.4) is 0 Å². The van der Waals surface area contributed by atoms with Crippen molar-refractivity contribution in [2.24, 2.45) is 0 Å². The summed E-state index contributed by atoms with van der Waals surface area (Å²) in [5.74, 6) is 0.150. The first-order chi connectivity index (χ1) is 8.00. The topological polar surface area (TPSA) is 93.9 Å². The lowest BCUT2D eigenvalue weighted by molar-refractivity contribution is 0.273. The minimum atomic E-state index is -0.597. The van der Waals surface area contributed by atoms with E-state index >= 15 is 0 Å². The number of hydrogen-bond acceptors (Lipinski definition) is 5. The van der Waals surface area contributed by atoms with Crippen LogP contribution in [0.15, 0.2) is 9.59 Å². The third-order valence-corrected chi connectivity index (χ3v) is 2.57. The van der Waals surface area contributed by atoms with Crippen molar-refractivity contribution in [3.8, 4) is 0 Å². The Kier molecular flexibility index (Phi) is 4.89. The van der Waals surface area contributed by atoms with Crippen LogP contribution in [-0.2, 0) is 0 Å². The number of aromatic nitrogens is 3. The highest BCUT2D eigenvalue weighted by Crippen LogP contribution is 1.95. The van der Waals surface area contributed by atoms with Crippen molar-refractivity contribution >= 4 is 5.82 Å². The predicted octanol–water partition coefficient (Wildman–Crippen LogP) is -0.400. The Bertz CT molecular complexity index is 450. The van der Waals surface area contributed by atoms with Crippen LogP contribution in [0.25, 0.3) is 0 Å². The summed E-state index contributed by atoms with van der Waals surface area (Å²) in [5, 5.41) is 8.68. The second-order valence-electron chi connectivity index (χ2n) is 4.21. The molecule has 0 atom stereocenters. The van der Waals surface area contributed by atoms with Gasteiger partial charge in [0.1, 0.15) is 0 Å². The van der Waals surface area contributed by atoms with Gasteiger partial charge in [-0.15, -0.1) is 5.10 Å². The Morgan fingerprint density at radius 1 is 1.41 bits per heavy atom. The summed E-state index contributed by atoms with van der Waals surface area (Å²) < 4.78 is 0. The maximum atomic E-state index is 11.3. The highest BCUT2D eigenvalue weighted by atomic mass is 16.2. The van der Waals surface area contributed by atoms with Crippen molar-refractivity contribution in [2.45, 2.75) is 26.3 Å². The van der Waals surface area contributed by atoms with Gasteiger partial charge < -0.3 is 10.2 Å². The number of H-pyrrole nitrogens is 2. The lowest BCUT2D eigenvalue weighted by Crippen LogP contribution is -2.30. The zero-order valence-corrected chi connectivity index (χ0v) is 10.4. The molecule has 17 heavy (non-hydrogen) atoms. The van der Waals surface area contributed by atoms with Crippen LogP contribution in [0.2, 0.25) is 0 Å². The molecule has 0 saturated heterocycles. The summed E-state index contributed by atoms with van der Waals surface area (Å²) in [7, 11) is 2.05. The maximum Gasteiger partial charge on any atom is 0.342 e. The van der Waals surface area contributed by atoms with Crippen molar-refractivity contribution < 1.29 is 0 Å². The minimum Gasteiger partial charge on any atom is -0.364 e. The zero-order valence-electron chi connectivity index (χ0n) is 10.4. The van der Waals surface area contributed by atoms with Gasteiger partial charge >= 0.3 is 5.69 Å². The number of aromatic amines is 2. The largest absolute Gasteiger partial charge is 0.364 e. The van der Waals surface area contributed by atoms with Gasteiger partial charge in [0.25, 0.3) is 5.56 Å². The van der Waals surface area contributed by atoms with Crippen molar-refractivity contribution in [2.75, 3.05) is 25.5 Å². The molecule has 0 aliphatic carbocycles. The van der Waals surface area contributed by atoms with Crippen LogP contribution < -0.4 is 16.6 Å². The molecule has 7 nitrogen and oxygen atoms in total. The molecule has 1 heterocycles. The van der Waals surface area contributed by atoms with Gasteiger partial charge in [0, 0.05) is 12.6 Å². The van der Waals surface area contributed by atoms with E-state index in [1.807, 2.05) is 0 Å². The third kappa shape index (κ3) is 4.39. The van der Waals surface area contributed by atoms with Crippen molar-refractivity contribution in [3.63, 3.8) is 0 Å². The third-order valence-electron chi connectivity index (χ3n) is 2.57. The summed E-state index contributed by atoms with van der Waals surface area (Å²) >= 11 is 0. The normalized spacial score (nSPS) is 11.1. The van der Waals surface area contributed by atoms with Crippen LogP contribution in [0.5, 0.6) is 0 Å². The van der Waals surface area contributed by atoms with Gasteiger partial charge in [0.2, 0.25) is 5.82 Å². The number of hydrogen-bond donors (Lipinski definition) is 3. The van der Waals surface area contributed by atoms with Gasteiger partial charge in [-0.05, 0) is 33.9 Å². The number of nitrogens with one attached hydrogen (secondary N) is 3. The molecule has 7 heteroatoms. The monoisotopic (exact) mass is 241 g/mol. The Labute approximate surface area is 99.2 Å². The first-order valence-corrected chi connectivity index (χ1v) is 5.64. The van der Waals surface area contributed by atoms with Gasteiger partial charge in [-0.1, -0.05) is 0 Å². The lowest BCUT2D eigenvalue weighted by atomic mass is 10.3. The highest BCUT2D eigenvalue weighted by Gasteiger charge is 2.03. The first-order valence-electron chi connectivity index (χ1n) is 5.64. The van der Waals surface area contributed by atoms with E-state index < -0.39 is 11.2 Å². The number of nitrogens with zero attached hydrogens (tertiary/aromatic N) is 2. The highest BCUT2D eigenvalue weighted by molar-refractivity contribution is 5.28. The lowest BCUT2D eigenvalue weighted by Gasteiger charge is -2.20. The van der Waals surface area contributed by atoms with Crippen LogP contribution in [0, 0.1) is 0 Å². The SMILES string of the molecule is CC(C)N(C)CCCNc1n[nH]c(=O)[nH]c1=O. The van der Waals surface area contributed by atoms with Crippen molar-refractivity contribution in [1.82, 2.24) is 20.1 Å². The fraction of sp³-hybridized carbons (Fsp3) is 0.700. The molecule has 0 aliphatic heterocycles. The number of rotatable bonds is 6. The van der Waals surface area contributed by atoms with Crippen LogP contribution >= 0.6 is 0 Å². The minimum absolute atomic E-state index is 0.150.